The van der Waals surface area contributed by atoms with Gasteiger partial charge in [-0.1, -0.05) is 103 Å². The monoisotopic (exact) mass is 500 g/mol. The molecule has 1 aromatic heterocycles. The molecular formula is C33H32N4O. The number of para-hydroxylation sites is 2. The van der Waals surface area contributed by atoms with Crippen LogP contribution in [0.2, 0.25) is 0 Å². The summed E-state index contributed by atoms with van der Waals surface area (Å²) in [5, 5.41) is 0. The van der Waals surface area contributed by atoms with Gasteiger partial charge in [0, 0.05) is 38.5 Å². The largest absolute Gasteiger partial charge is 0.339 e. The van der Waals surface area contributed by atoms with Gasteiger partial charge in [0.25, 0.3) is 0 Å². The van der Waals surface area contributed by atoms with Crippen LogP contribution in [0.25, 0.3) is 11.0 Å². The van der Waals surface area contributed by atoms with E-state index in [0.29, 0.717) is 19.5 Å². The molecule has 0 spiro atoms. The fourth-order valence-electron chi connectivity index (χ4n) is 5.48. The number of hydrogen-bond donors (Lipinski definition) is 0. The van der Waals surface area contributed by atoms with E-state index in [1.54, 1.807) is 0 Å². The summed E-state index contributed by atoms with van der Waals surface area (Å²) in [4.78, 5) is 22.9. The van der Waals surface area contributed by atoms with Crippen LogP contribution in [-0.2, 0) is 11.3 Å². The van der Waals surface area contributed by atoms with E-state index in [4.69, 9.17) is 4.98 Å². The lowest BCUT2D eigenvalue weighted by Crippen LogP contribution is -2.49. The van der Waals surface area contributed by atoms with E-state index >= 15 is 0 Å². The van der Waals surface area contributed by atoms with Crippen LogP contribution in [0.1, 0.15) is 29.0 Å². The quantitative estimate of drug-likeness (QED) is 0.277. The number of imidazole rings is 1. The molecule has 0 radical (unpaired) electrons. The second kappa shape index (κ2) is 10.9. The van der Waals surface area contributed by atoms with Crippen molar-refractivity contribution < 1.29 is 4.79 Å². The van der Waals surface area contributed by atoms with Gasteiger partial charge >= 0.3 is 0 Å². The second-order valence-electron chi connectivity index (χ2n) is 9.92. The zero-order chi connectivity index (χ0) is 25.7. The van der Waals surface area contributed by atoms with Crippen LogP contribution < -0.4 is 4.90 Å². The molecule has 0 saturated carbocycles. The van der Waals surface area contributed by atoms with Crippen LogP contribution in [0.4, 0.5) is 5.95 Å². The van der Waals surface area contributed by atoms with Gasteiger partial charge in [0.2, 0.25) is 11.9 Å². The Morgan fingerprint density at radius 3 is 1.87 bits per heavy atom. The molecule has 2 heterocycles. The molecule has 190 valence electrons. The predicted molar refractivity (Wildman–Crippen MR) is 153 cm³/mol. The molecule has 38 heavy (non-hydrogen) atoms. The molecule has 4 aromatic carbocycles. The van der Waals surface area contributed by atoms with Crippen molar-refractivity contribution in [1.82, 2.24) is 14.5 Å². The molecule has 1 fully saturated rings. The van der Waals surface area contributed by atoms with E-state index in [1.807, 2.05) is 29.2 Å². The molecule has 1 aliphatic rings. The first-order valence-corrected chi connectivity index (χ1v) is 13.4. The van der Waals surface area contributed by atoms with Crippen molar-refractivity contribution in [3.05, 3.63) is 132 Å². The van der Waals surface area contributed by atoms with Crippen LogP contribution in [0, 0.1) is 0 Å². The number of piperazine rings is 1. The number of nitrogens with zero attached hydrogens (tertiary/aromatic N) is 4. The maximum atomic E-state index is 13.5. The first kappa shape index (κ1) is 24.0. The van der Waals surface area contributed by atoms with E-state index in [1.165, 1.54) is 16.7 Å². The molecule has 0 atom stereocenters. The van der Waals surface area contributed by atoms with Crippen LogP contribution in [0.15, 0.2) is 115 Å². The summed E-state index contributed by atoms with van der Waals surface area (Å²) in [5.41, 5.74) is 5.75. The Bertz CT molecular complexity index is 1450. The minimum atomic E-state index is 0.0537. The molecule has 0 bridgehead atoms. The highest BCUT2D eigenvalue weighted by molar-refractivity contribution is 5.80. The minimum absolute atomic E-state index is 0.0537. The van der Waals surface area contributed by atoms with Gasteiger partial charge in [0.15, 0.2) is 0 Å². The summed E-state index contributed by atoms with van der Waals surface area (Å²) >= 11 is 0. The van der Waals surface area contributed by atoms with E-state index in [9.17, 15) is 4.79 Å². The van der Waals surface area contributed by atoms with Crippen molar-refractivity contribution in [1.29, 1.82) is 0 Å². The van der Waals surface area contributed by atoms with Gasteiger partial charge in [-0.2, -0.15) is 0 Å². The van der Waals surface area contributed by atoms with E-state index in [2.05, 4.69) is 100 Å². The first-order valence-electron chi connectivity index (χ1n) is 13.4. The maximum absolute atomic E-state index is 13.5. The van der Waals surface area contributed by atoms with Crippen LogP contribution in [0.3, 0.4) is 0 Å². The number of fused-ring (bicyclic) bond motifs is 1. The second-order valence-corrected chi connectivity index (χ2v) is 9.92. The molecule has 0 aliphatic carbocycles. The molecule has 0 N–H and O–H groups in total. The summed E-state index contributed by atoms with van der Waals surface area (Å²) in [6.07, 6.45) is 0.473. The Morgan fingerprint density at radius 2 is 1.24 bits per heavy atom. The Kier molecular flexibility index (Phi) is 6.90. The van der Waals surface area contributed by atoms with Gasteiger partial charge < -0.3 is 14.4 Å². The van der Waals surface area contributed by atoms with Crippen molar-refractivity contribution in [2.24, 2.45) is 0 Å². The molecule has 1 amide bonds. The Hall–Kier alpha value is -4.38. The Labute approximate surface area is 224 Å². The molecule has 1 aliphatic heterocycles. The van der Waals surface area contributed by atoms with Crippen molar-refractivity contribution in [2.45, 2.75) is 18.9 Å². The third-order valence-electron chi connectivity index (χ3n) is 7.52. The number of rotatable bonds is 7. The third-order valence-corrected chi connectivity index (χ3v) is 7.52. The number of aromatic nitrogens is 2. The average molecular weight is 501 g/mol. The SMILES string of the molecule is O=C(CC(c1ccccc1)c1ccccc1)N1CCN(c2nc3ccccc3n2Cc2ccccc2)CC1. The molecule has 5 aromatic rings. The standard InChI is InChI=1S/C33H32N4O/c38-32(24-29(27-14-6-2-7-15-27)28-16-8-3-9-17-28)35-20-22-36(23-21-35)33-34-30-18-10-11-19-31(30)37(33)25-26-12-4-1-5-13-26/h1-19,29H,20-25H2. The lowest BCUT2D eigenvalue weighted by atomic mass is 9.88. The molecule has 5 heteroatoms. The van der Waals surface area contributed by atoms with Gasteiger partial charge in [-0.05, 0) is 28.8 Å². The summed E-state index contributed by atoms with van der Waals surface area (Å²) in [5.74, 6) is 1.24. The van der Waals surface area contributed by atoms with Crippen molar-refractivity contribution in [3.8, 4) is 0 Å². The zero-order valence-electron chi connectivity index (χ0n) is 21.5. The molecule has 6 rings (SSSR count). The van der Waals surface area contributed by atoms with Crippen LogP contribution in [0.5, 0.6) is 0 Å². The summed E-state index contributed by atoms with van der Waals surface area (Å²) < 4.78 is 2.31. The fraction of sp³-hybridized carbons (Fsp3) is 0.212. The highest BCUT2D eigenvalue weighted by Gasteiger charge is 2.27. The maximum Gasteiger partial charge on any atom is 0.223 e. The van der Waals surface area contributed by atoms with Gasteiger partial charge in [-0.25, -0.2) is 4.98 Å². The third kappa shape index (κ3) is 5.05. The van der Waals surface area contributed by atoms with Crippen LogP contribution in [-0.4, -0.2) is 46.5 Å². The van der Waals surface area contributed by atoms with E-state index in [0.717, 1.165) is 36.6 Å². The van der Waals surface area contributed by atoms with E-state index < -0.39 is 0 Å². The molecule has 1 saturated heterocycles. The summed E-state index contributed by atoms with van der Waals surface area (Å²) in [6.45, 7) is 3.70. The van der Waals surface area contributed by atoms with Gasteiger partial charge in [-0.3, -0.25) is 4.79 Å². The topological polar surface area (TPSA) is 41.4 Å². The number of carbonyl (C=O) groups is 1. The number of benzene rings is 4. The normalized spacial score (nSPS) is 13.8. The highest BCUT2D eigenvalue weighted by Crippen LogP contribution is 2.30. The van der Waals surface area contributed by atoms with Crippen molar-refractivity contribution in [3.63, 3.8) is 0 Å². The number of anilines is 1. The highest BCUT2D eigenvalue weighted by atomic mass is 16.2. The first-order chi connectivity index (χ1) is 18.8. The van der Waals surface area contributed by atoms with E-state index in [-0.39, 0.29) is 11.8 Å². The van der Waals surface area contributed by atoms with Crippen molar-refractivity contribution >= 4 is 22.9 Å². The molecular weight excluding hydrogens is 468 g/mol. The smallest absolute Gasteiger partial charge is 0.223 e. The minimum Gasteiger partial charge on any atom is -0.339 e. The van der Waals surface area contributed by atoms with Crippen LogP contribution >= 0.6 is 0 Å². The number of hydrogen-bond acceptors (Lipinski definition) is 3. The molecule has 0 unspecified atom stereocenters. The summed E-state index contributed by atoms with van der Waals surface area (Å²) in [7, 11) is 0. The Balaban J connectivity index is 1.18. The fourth-order valence-corrected chi connectivity index (χ4v) is 5.48. The van der Waals surface area contributed by atoms with Gasteiger partial charge in [0.05, 0.1) is 17.6 Å². The zero-order valence-corrected chi connectivity index (χ0v) is 21.5. The molecule has 5 nitrogen and oxygen atoms in total. The summed E-state index contributed by atoms with van der Waals surface area (Å²) in [6, 6.07) is 39.6. The van der Waals surface area contributed by atoms with Gasteiger partial charge in [0.1, 0.15) is 0 Å². The number of amides is 1. The lowest BCUT2D eigenvalue weighted by Gasteiger charge is -2.36. The van der Waals surface area contributed by atoms with Gasteiger partial charge in [-0.15, -0.1) is 0 Å². The van der Waals surface area contributed by atoms with Crippen molar-refractivity contribution in [2.75, 3.05) is 31.1 Å². The Morgan fingerprint density at radius 1 is 0.684 bits per heavy atom. The average Bonchev–Trinajstić information content (AvgIpc) is 3.35. The lowest BCUT2D eigenvalue weighted by molar-refractivity contribution is -0.131. The predicted octanol–water partition coefficient (Wildman–Crippen LogP) is 5.96. The number of carbonyl (C=O) groups excluding carboxylic acids is 1.